The first kappa shape index (κ1) is 21.2. The topological polar surface area (TPSA) is 78.4 Å². The monoisotopic (exact) mass is 429 g/mol. The summed E-state index contributed by atoms with van der Waals surface area (Å²) in [7, 11) is 0.915. The second-order valence-electron chi connectivity index (χ2n) is 8.83. The Morgan fingerprint density at radius 2 is 1.93 bits per heavy atom. The van der Waals surface area contributed by atoms with Gasteiger partial charge < -0.3 is 4.90 Å². The first-order valence-corrected chi connectivity index (χ1v) is 12.4. The Kier molecular flexibility index (Phi) is 5.83. The van der Waals surface area contributed by atoms with Crippen molar-refractivity contribution in [1.82, 2.24) is 19.6 Å². The van der Waals surface area contributed by atoms with E-state index < -0.39 is 10.0 Å². The number of rotatable bonds is 6. The molecule has 0 spiro atoms. The van der Waals surface area contributed by atoms with Crippen molar-refractivity contribution in [3.63, 3.8) is 0 Å². The highest BCUT2D eigenvalue weighted by Gasteiger charge is 2.41. The molecule has 7 nitrogen and oxygen atoms in total. The van der Waals surface area contributed by atoms with Gasteiger partial charge in [-0.3, -0.25) is 4.90 Å². The maximum atomic E-state index is 11.5. The van der Waals surface area contributed by atoms with E-state index in [9.17, 15) is 8.42 Å². The molecule has 8 heteroatoms. The number of anilines is 1. The summed E-state index contributed by atoms with van der Waals surface area (Å²) < 4.78 is 25.7. The van der Waals surface area contributed by atoms with Crippen LogP contribution in [-0.2, 0) is 10.0 Å². The van der Waals surface area contributed by atoms with Crippen LogP contribution < -0.4 is 9.62 Å². The molecule has 4 heterocycles. The average Bonchev–Trinajstić information content (AvgIpc) is 2.71. The molecule has 4 atom stereocenters. The molecule has 2 bridgehead atoms. The molecular weight excluding hydrogens is 398 g/mol. The van der Waals surface area contributed by atoms with Gasteiger partial charge in [0, 0.05) is 56.1 Å². The Morgan fingerprint density at radius 1 is 1.20 bits per heavy atom. The zero-order valence-electron chi connectivity index (χ0n) is 18.2. The molecule has 1 N–H and O–H groups in total. The van der Waals surface area contributed by atoms with Gasteiger partial charge in [0.1, 0.15) is 5.82 Å². The SMILES string of the molecule is Cc1nc(-c2ccc(N(C)C)cc2)cc(C2CN3CCC2CC3CNS(C)(=O)=O)n1. The van der Waals surface area contributed by atoms with Crippen LogP contribution in [0.4, 0.5) is 5.69 Å². The fraction of sp³-hybridized carbons (Fsp3) is 0.545. The van der Waals surface area contributed by atoms with Crippen molar-refractivity contribution >= 4 is 15.7 Å². The molecule has 0 amide bonds. The van der Waals surface area contributed by atoms with Gasteiger partial charge in [0.05, 0.1) is 11.9 Å². The lowest BCUT2D eigenvalue weighted by Gasteiger charge is -2.49. The molecule has 3 aliphatic rings. The number of aromatic nitrogens is 2. The van der Waals surface area contributed by atoms with Gasteiger partial charge in [0.25, 0.3) is 0 Å². The summed E-state index contributed by atoms with van der Waals surface area (Å²) in [5.74, 6) is 1.69. The molecule has 4 unspecified atom stereocenters. The van der Waals surface area contributed by atoms with Crippen LogP contribution in [0.3, 0.4) is 0 Å². The lowest BCUT2D eigenvalue weighted by molar-refractivity contribution is 0.0317. The van der Waals surface area contributed by atoms with Gasteiger partial charge in [-0.25, -0.2) is 23.1 Å². The molecule has 3 aliphatic heterocycles. The van der Waals surface area contributed by atoms with Gasteiger partial charge in [0.2, 0.25) is 10.0 Å². The lowest BCUT2D eigenvalue weighted by Crippen LogP contribution is -2.56. The van der Waals surface area contributed by atoms with E-state index in [0.717, 1.165) is 54.4 Å². The Hall–Kier alpha value is -2.03. The number of sulfonamides is 1. The zero-order chi connectivity index (χ0) is 21.5. The summed E-state index contributed by atoms with van der Waals surface area (Å²) >= 11 is 0. The fourth-order valence-corrected chi connectivity index (χ4v) is 5.29. The summed E-state index contributed by atoms with van der Waals surface area (Å²) in [6, 6.07) is 10.9. The van der Waals surface area contributed by atoms with Crippen molar-refractivity contribution in [2.24, 2.45) is 5.92 Å². The minimum Gasteiger partial charge on any atom is -0.378 e. The molecule has 162 valence electrons. The maximum Gasteiger partial charge on any atom is 0.208 e. The summed E-state index contributed by atoms with van der Waals surface area (Å²) in [6.45, 7) is 4.41. The van der Waals surface area contributed by atoms with Crippen molar-refractivity contribution in [3.05, 3.63) is 41.9 Å². The molecule has 0 radical (unpaired) electrons. The summed E-state index contributed by atoms with van der Waals surface area (Å²) in [4.78, 5) is 14.0. The van der Waals surface area contributed by atoms with Crippen LogP contribution >= 0.6 is 0 Å². The minimum atomic E-state index is -3.16. The van der Waals surface area contributed by atoms with Gasteiger partial charge in [-0.2, -0.15) is 0 Å². The highest BCUT2D eigenvalue weighted by Crippen LogP contribution is 2.41. The van der Waals surface area contributed by atoms with Crippen LogP contribution in [0.5, 0.6) is 0 Å². The number of nitrogens with zero attached hydrogens (tertiary/aromatic N) is 4. The highest BCUT2D eigenvalue weighted by molar-refractivity contribution is 7.88. The van der Waals surface area contributed by atoms with Crippen molar-refractivity contribution in [3.8, 4) is 11.3 Å². The van der Waals surface area contributed by atoms with Gasteiger partial charge in [0.15, 0.2) is 0 Å². The van der Waals surface area contributed by atoms with Crippen LogP contribution in [0, 0.1) is 12.8 Å². The Morgan fingerprint density at radius 3 is 2.53 bits per heavy atom. The number of hydrogen-bond acceptors (Lipinski definition) is 6. The third-order valence-corrected chi connectivity index (χ3v) is 7.07. The molecule has 1 aromatic carbocycles. The molecule has 3 fully saturated rings. The van der Waals surface area contributed by atoms with Crippen molar-refractivity contribution in [2.45, 2.75) is 31.7 Å². The maximum absolute atomic E-state index is 11.5. The molecule has 0 saturated carbocycles. The molecule has 5 rings (SSSR count). The third kappa shape index (κ3) is 4.66. The first-order chi connectivity index (χ1) is 14.2. The second kappa shape index (κ2) is 8.24. The summed E-state index contributed by atoms with van der Waals surface area (Å²) in [6.07, 6.45) is 3.36. The molecule has 0 aliphatic carbocycles. The van der Waals surface area contributed by atoms with Crippen molar-refractivity contribution < 1.29 is 8.42 Å². The summed E-state index contributed by atoms with van der Waals surface area (Å²) in [5.41, 5.74) is 4.34. The Labute approximate surface area is 179 Å². The minimum absolute atomic E-state index is 0.274. The average molecular weight is 430 g/mol. The van der Waals surface area contributed by atoms with Crippen LogP contribution in [0.25, 0.3) is 11.3 Å². The van der Waals surface area contributed by atoms with Crippen LogP contribution in [0.1, 0.15) is 30.3 Å². The van der Waals surface area contributed by atoms with E-state index in [1.807, 2.05) is 21.0 Å². The number of hydrogen-bond donors (Lipinski definition) is 1. The quantitative estimate of drug-likeness (QED) is 0.759. The van der Waals surface area contributed by atoms with E-state index in [1.165, 1.54) is 6.26 Å². The fourth-order valence-electron chi connectivity index (χ4n) is 4.79. The molecule has 2 aromatic rings. The third-order valence-electron chi connectivity index (χ3n) is 6.38. The van der Waals surface area contributed by atoms with Crippen LogP contribution in [0.2, 0.25) is 0 Å². The van der Waals surface area contributed by atoms with Gasteiger partial charge in [-0.15, -0.1) is 0 Å². The van der Waals surface area contributed by atoms with E-state index in [2.05, 4.69) is 44.9 Å². The number of piperidine rings is 3. The molecule has 1 aromatic heterocycles. The van der Waals surface area contributed by atoms with Crippen molar-refractivity contribution in [2.75, 3.05) is 44.9 Å². The number of fused-ring (bicyclic) bond motifs is 3. The number of benzene rings is 1. The van der Waals surface area contributed by atoms with E-state index >= 15 is 0 Å². The smallest absolute Gasteiger partial charge is 0.208 e. The Balaban J connectivity index is 1.54. The standard InChI is InChI=1S/C22H31N5O2S/c1-15-24-21(16-5-7-18(8-6-16)26(2)3)12-22(25-15)20-14-27-10-9-17(20)11-19(27)13-23-30(4,28)29/h5-8,12,17,19-20,23H,9-11,13-14H2,1-4H3. The lowest BCUT2D eigenvalue weighted by atomic mass is 9.74. The van der Waals surface area contributed by atoms with Gasteiger partial charge >= 0.3 is 0 Å². The second-order valence-corrected chi connectivity index (χ2v) is 10.7. The van der Waals surface area contributed by atoms with Gasteiger partial charge in [-0.05, 0) is 50.4 Å². The Bertz CT molecular complexity index is 1010. The molecular formula is C22H31N5O2S. The van der Waals surface area contributed by atoms with Gasteiger partial charge in [-0.1, -0.05) is 12.1 Å². The number of aryl methyl sites for hydroxylation is 1. The molecule has 30 heavy (non-hydrogen) atoms. The normalized spacial score (nSPS) is 26.0. The van der Waals surface area contributed by atoms with Crippen molar-refractivity contribution in [1.29, 1.82) is 0 Å². The first-order valence-electron chi connectivity index (χ1n) is 10.5. The predicted molar refractivity (Wildman–Crippen MR) is 120 cm³/mol. The van der Waals surface area contributed by atoms with Crippen LogP contribution in [-0.4, -0.2) is 69.3 Å². The van der Waals surface area contributed by atoms with E-state index in [0.29, 0.717) is 18.4 Å². The van der Waals surface area contributed by atoms with E-state index in [1.54, 1.807) is 0 Å². The number of nitrogens with one attached hydrogen (secondary N) is 1. The highest BCUT2D eigenvalue weighted by atomic mass is 32.2. The predicted octanol–water partition coefficient (Wildman–Crippen LogP) is 2.25. The molecule has 3 saturated heterocycles. The zero-order valence-corrected chi connectivity index (χ0v) is 19.0. The van der Waals surface area contributed by atoms with Crippen LogP contribution in [0.15, 0.2) is 30.3 Å². The van der Waals surface area contributed by atoms with E-state index in [-0.39, 0.29) is 6.04 Å². The summed E-state index contributed by atoms with van der Waals surface area (Å²) in [5, 5.41) is 0. The van der Waals surface area contributed by atoms with E-state index in [4.69, 9.17) is 9.97 Å². The largest absolute Gasteiger partial charge is 0.378 e.